The number of rotatable bonds is 13. The summed E-state index contributed by atoms with van der Waals surface area (Å²) in [5.41, 5.74) is 3.29. The Balaban J connectivity index is 1.11. The number of aliphatic hydroxyl groups is 1. The van der Waals surface area contributed by atoms with Crippen molar-refractivity contribution in [2.24, 2.45) is 0 Å². The number of aliphatic hydroxyl groups excluding tert-OH is 1. The molecule has 0 unspecified atom stereocenters. The van der Waals surface area contributed by atoms with E-state index in [1.807, 2.05) is 18.2 Å². The Labute approximate surface area is 257 Å². The number of nitrogens with one attached hydrogen (secondary N) is 2. The predicted molar refractivity (Wildman–Crippen MR) is 159 cm³/mol. The molecule has 0 fully saturated rings. The first-order valence-electron chi connectivity index (χ1n) is 13.7. The van der Waals surface area contributed by atoms with Gasteiger partial charge in [-0.1, -0.05) is 35.5 Å². The maximum absolute atomic E-state index is 13.0. The van der Waals surface area contributed by atoms with Gasteiger partial charge in [0.15, 0.2) is 0 Å². The highest BCUT2D eigenvalue weighted by atomic mass is 32.2. The molecule has 5 rings (SSSR count). The van der Waals surface area contributed by atoms with Gasteiger partial charge in [0.25, 0.3) is 10.0 Å². The molecule has 10 nitrogen and oxygen atoms in total. The van der Waals surface area contributed by atoms with Gasteiger partial charge in [0, 0.05) is 35.8 Å². The van der Waals surface area contributed by atoms with Crippen LogP contribution in [0.5, 0.6) is 5.75 Å². The number of sulfonamides is 1. The van der Waals surface area contributed by atoms with Crippen LogP contribution in [0.25, 0.3) is 11.4 Å². The molecule has 3 N–H and O–H groups in total. The van der Waals surface area contributed by atoms with Crippen LogP contribution in [-0.4, -0.2) is 48.1 Å². The van der Waals surface area contributed by atoms with E-state index in [4.69, 9.17) is 4.52 Å². The van der Waals surface area contributed by atoms with E-state index in [1.165, 1.54) is 36.4 Å². The van der Waals surface area contributed by atoms with Crippen LogP contribution in [-0.2, 0) is 22.9 Å². The molecule has 5 aromatic rings. The van der Waals surface area contributed by atoms with E-state index < -0.39 is 22.5 Å². The fraction of sp³-hybridized carbons (Fsp3) is 0.194. The van der Waals surface area contributed by atoms with E-state index in [9.17, 15) is 26.7 Å². The third-order valence-corrected chi connectivity index (χ3v) is 8.00. The van der Waals surface area contributed by atoms with Crippen molar-refractivity contribution in [1.82, 2.24) is 20.4 Å². The molecule has 0 amide bonds. The summed E-state index contributed by atoms with van der Waals surface area (Å²) in [5.74, 6) is 0.128. The van der Waals surface area contributed by atoms with E-state index in [2.05, 4.69) is 29.9 Å². The predicted octanol–water partition coefficient (Wildman–Crippen LogP) is 5.29. The lowest BCUT2D eigenvalue weighted by Gasteiger charge is -2.12. The van der Waals surface area contributed by atoms with Gasteiger partial charge in [-0.15, -0.1) is 13.2 Å². The standard InChI is InChI=1S/C31H28F3N5O5S/c32-31(33,34)43-26-11-5-22(6-12-26)18-29-37-30(38-44-29)23-7-13-27(14-8-23)45(41,42)39-25-9-3-21(4-10-25)15-17-36-20-28(40)24-2-1-16-35-19-24/h1-14,16,19,28,36,39-40H,15,17-18,20H2/t28-/m0/s1. The number of nitrogens with zero attached hydrogens (tertiary/aromatic N) is 3. The summed E-state index contributed by atoms with van der Waals surface area (Å²) in [6.45, 7) is 1.02. The SMILES string of the molecule is O=S(=O)(Nc1ccc(CCNC[C@H](O)c2cccnc2)cc1)c1ccc(-c2noc(Cc3ccc(OC(F)(F)F)cc3)n2)cc1. The Hall–Kier alpha value is -4.79. The van der Waals surface area contributed by atoms with Crippen LogP contribution in [0.4, 0.5) is 18.9 Å². The van der Waals surface area contributed by atoms with Crippen LogP contribution < -0.4 is 14.8 Å². The fourth-order valence-corrected chi connectivity index (χ4v) is 5.39. The summed E-state index contributed by atoms with van der Waals surface area (Å²) < 4.78 is 74.7. The molecule has 0 aliphatic carbocycles. The number of anilines is 1. The molecule has 0 aliphatic rings. The molecule has 2 heterocycles. The highest BCUT2D eigenvalue weighted by Crippen LogP contribution is 2.25. The summed E-state index contributed by atoms with van der Waals surface area (Å²) in [6.07, 6.45) is -1.28. The quantitative estimate of drug-likeness (QED) is 0.147. The van der Waals surface area contributed by atoms with Gasteiger partial charge in [-0.2, -0.15) is 4.98 Å². The molecule has 1 atom stereocenters. The second kappa shape index (κ2) is 13.9. The van der Waals surface area contributed by atoms with Crippen LogP contribution in [0.3, 0.4) is 0 Å². The van der Waals surface area contributed by atoms with Gasteiger partial charge >= 0.3 is 6.36 Å². The number of alkyl halides is 3. The topological polar surface area (TPSA) is 139 Å². The summed E-state index contributed by atoms with van der Waals surface area (Å²) in [5, 5.41) is 17.3. The van der Waals surface area contributed by atoms with Crippen LogP contribution >= 0.6 is 0 Å². The Morgan fingerprint density at radius 2 is 1.64 bits per heavy atom. The van der Waals surface area contributed by atoms with E-state index in [0.29, 0.717) is 36.3 Å². The highest BCUT2D eigenvalue weighted by Gasteiger charge is 2.31. The van der Waals surface area contributed by atoms with Crippen LogP contribution in [0.2, 0.25) is 0 Å². The maximum atomic E-state index is 13.0. The Morgan fingerprint density at radius 3 is 2.31 bits per heavy atom. The van der Waals surface area contributed by atoms with Crippen LogP contribution in [0, 0.1) is 0 Å². The number of hydrogen-bond acceptors (Lipinski definition) is 9. The molecule has 2 aromatic heterocycles. The number of ether oxygens (including phenoxy) is 1. The van der Waals surface area contributed by atoms with Crippen LogP contribution in [0.15, 0.2) is 107 Å². The van der Waals surface area contributed by atoms with E-state index >= 15 is 0 Å². The third-order valence-electron chi connectivity index (χ3n) is 6.61. The zero-order chi connectivity index (χ0) is 31.9. The summed E-state index contributed by atoms with van der Waals surface area (Å²) in [7, 11) is -3.87. The number of pyridine rings is 1. The minimum absolute atomic E-state index is 0.0385. The first-order valence-corrected chi connectivity index (χ1v) is 15.2. The number of hydrogen-bond donors (Lipinski definition) is 3. The van der Waals surface area contributed by atoms with Gasteiger partial charge in [-0.3, -0.25) is 9.71 Å². The summed E-state index contributed by atoms with van der Waals surface area (Å²) >= 11 is 0. The lowest BCUT2D eigenvalue weighted by molar-refractivity contribution is -0.274. The monoisotopic (exact) mass is 639 g/mol. The third kappa shape index (κ3) is 9.11. The molecule has 45 heavy (non-hydrogen) atoms. The molecular formula is C31H28F3N5O5S. The minimum Gasteiger partial charge on any atom is -0.406 e. The second-order valence-corrected chi connectivity index (χ2v) is 11.6. The van der Waals surface area contributed by atoms with Gasteiger partial charge < -0.3 is 19.7 Å². The average Bonchev–Trinajstić information content (AvgIpc) is 3.49. The molecule has 0 aliphatic heterocycles. The molecule has 0 spiro atoms. The molecule has 0 radical (unpaired) electrons. The van der Waals surface area contributed by atoms with Crippen LogP contribution in [0.1, 0.15) is 28.7 Å². The van der Waals surface area contributed by atoms with Crippen molar-refractivity contribution >= 4 is 15.7 Å². The Bertz CT molecular complexity index is 1780. The summed E-state index contributed by atoms with van der Waals surface area (Å²) in [4.78, 5) is 8.34. The van der Waals surface area contributed by atoms with Gasteiger partial charge in [0.2, 0.25) is 11.7 Å². The van der Waals surface area contributed by atoms with Crippen molar-refractivity contribution in [3.8, 4) is 17.1 Å². The maximum Gasteiger partial charge on any atom is 0.573 e. The van der Waals surface area contributed by atoms with Crippen molar-refractivity contribution in [2.45, 2.75) is 30.2 Å². The van der Waals surface area contributed by atoms with Crippen molar-refractivity contribution in [1.29, 1.82) is 0 Å². The van der Waals surface area contributed by atoms with Gasteiger partial charge in [-0.05, 0) is 78.7 Å². The fourth-order valence-electron chi connectivity index (χ4n) is 4.33. The van der Waals surface area contributed by atoms with Gasteiger partial charge in [0.1, 0.15) is 5.75 Å². The zero-order valence-electron chi connectivity index (χ0n) is 23.6. The Morgan fingerprint density at radius 1 is 0.933 bits per heavy atom. The first kappa shape index (κ1) is 31.6. The average molecular weight is 640 g/mol. The largest absolute Gasteiger partial charge is 0.573 e. The first-order chi connectivity index (χ1) is 21.5. The molecule has 14 heteroatoms. The van der Waals surface area contributed by atoms with E-state index in [1.54, 1.807) is 42.7 Å². The molecule has 3 aromatic carbocycles. The lowest BCUT2D eigenvalue weighted by Crippen LogP contribution is -2.23. The van der Waals surface area contributed by atoms with Gasteiger partial charge in [-0.25, -0.2) is 8.42 Å². The van der Waals surface area contributed by atoms with Crippen molar-refractivity contribution in [3.05, 3.63) is 120 Å². The zero-order valence-corrected chi connectivity index (χ0v) is 24.4. The molecular weight excluding hydrogens is 611 g/mol. The number of aromatic nitrogens is 3. The van der Waals surface area contributed by atoms with Crippen molar-refractivity contribution in [2.75, 3.05) is 17.8 Å². The normalized spacial score (nSPS) is 12.5. The van der Waals surface area contributed by atoms with E-state index in [0.717, 1.165) is 11.1 Å². The molecule has 234 valence electrons. The molecule has 0 bridgehead atoms. The molecule has 0 saturated heterocycles. The highest BCUT2D eigenvalue weighted by molar-refractivity contribution is 7.92. The van der Waals surface area contributed by atoms with Crippen molar-refractivity contribution in [3.63, 3.8) is 0 Å². The van der Waals surface area contributed by atoms with Crippen molar-refractivity contribution < 1.29 is 36.0 Å². The number of benzene rings is 3. The van der Waals surface area contributed by atoms with E-state index in [-0.39, 0.29) is 28.8 Å². The second-order valence-electron chi connectivity index (χ2n) is 9.96. The molecule has 0 saturated carbocycles. The number of halogens is 3. The minimum atomic E-state index is -4.77. The Kier molecular flexibility index (Phi) is 9.76. The summed E-state index contributed by atoms with van der Waals surface area (Å²) in [6, 6.07) is 21.9. The van der Waals surface area contributed by atoms with Gasteiger partial charge in [0.05, 0.1) is 17.4 Å². The smallest absolute Gasteiger partial charge is 0.406 e. The lowest BCUT2D eigenvalue weighted by atomic mass is 10.1.